The first-order valence-corrected chi connectivity index (χ1v) is 23.2. The number of carboxylic acids is 1. The third-order valence-corrected chi connectivity index (χ3v) is 10.4. The second-order valence-corrected chi connectivity index (χ2v) is 18.1. The molecule has 1 N–H and O–H groups in total. The molecule has 0 aliphatic heterocycles. The number of likely N-dealkylation sites (N-methyl/N-ethyl adjacent to an activating group) is 1. The fraction of sp³-hybridized carbons (Fsp3) is 0.884. The molecule has 0 aromatic heterocycles. The zero-order valence-corrected chi connectivity index (χ0v) is 42.0. The van der Waals surface area contributed by atoms with Crippen molar-refractivity contribution in [2.45, 2.75) is 175 Å². The Morgan fingerprint density at radius 3 is 1.68 bits per heavy atom. The maximum Gasteiger partial charge on any atom is 0.472 e. The molecule has 16 heteroatoms. The number of carbonyl (C=O) groups is 4. The largest absolute Gasteiger partial charge is 0.550 e. The van der Waals surface area contributed by atoms with E-state index in [2.05, 4.69) is 6.92 Å². The zero-order valence-electron chi connectivity index (χ0n) is 38.2. The third kappa shape index (κ3) is 42.1. The topological polar surface area (TPSA) is 184 Å². The van der Waals surface area contributed by atoms with Crippen LogP contribution in [0.15, 0.2) is 0 Å². The number of unbranched alkanes of at least 4 members (excludes halogenated alkanes) is 16. The van der Waals surface area contributed by atoms with E-state index < -0.39 is 56.4 Å². The summed E-state index contributed by atoms with van der Waals surface area (Å²) in [5, 5.41) is 11.1. The summed E-state index contributed by atoms with van der Waals surface area (Å²) in [6, 6.07) is 0. The Bertz CT molecular complexity index is 1120. The van der Waals surface area contributed by atoms with Gasteiger partial charge < -0.3 is 45.7 Å². The fourth-order valence-electron chi connectivity index (χ4n) is 6.38. The van der Waals surface area contributed by atoms with Crippen molar-refractivity contribution in [2.24, 2.45) is 11.8 Å². The SMILES string of the molecule is CCCCCCCCCCCCCCCCCCCC(=O)O[C@H](COC(C)=O)COP(=O)(O)OCCCOC(=O)C(C)CC(C)COC(CC(=O)[O-])C[N+](C)(C)C.[CH3-].[Y]. The number of carbonyl (C=O) groups excluding carboxylic acids is 4. The molecular weight excluding hydrogens is 858 g/mol. The molecule has 0 fully saturated rings. The van der Waals surface area contributed by atoms with Crippen LogP contribution in [0.4, 0.5) is 0 Å². The van der Waals surface area contributed by atoms with Gasteiger partial charge in [-0.1, -0.05) is 124 Å². The smallest absolute Gasteiger partial charge is 0.472 e. The van der Waals surface area contributed by atoms with Gasteiger partial charge in [0.2, 0.25) is 0 Å². The number of esters is 3. The molecule has 0 saturated heterocycles. The first kappa shape index (κ1) is 62.3. The van der Waals surface area contributed by atoms with Crippen molar-refractivity contribution < 1.29 is 98.9 Å². The van der Waals surface area contributed by atoms with Crippen molar-refractivity contribution in [2.75, 3.05) is 60.7 Å². The Hall–Kier alpha value is -0.986. The summed E-state index contributed by atoms with van der Waals surface area (Å²) in [6.45, 7) is 6.67. The van der Waals surface area contributed by atoms with Crippen LogP contribution in [0, 0.1) is 19.3 Å². The number of hydrogen-bond donors (Lipinski definition) is 1. The van der Waals surface area contributed by atoms with Crippen LogP contribution in [0.1, 0.15) is 163 Å². The Kier molecular flexibility index (Phi) is 40.8. The van der Waals surface area contributed by atoms with E-state index in [1.54, 1.807) is 6.92 Å². The van der Waals surface area contributed by atoms with Crippen LogP contribution in [-0.4, -0.2) is 106 Å². The molecule has 0 heterocycles. The van der Waals surface area contributed by atoms with Gasteiger partial charge in [-0.05, 0) is 18.8 Å². The molecule has 59 heavy (non-hydrogen) atoms. The van der Waals surface area contributed by atoms with E-state index in [0.29, 0.717) is 23.9 Å². The molecule has 0 aliphatic carbocycles. The number of carboxylic acid groups (broad SMARTS) is 1. The number of nitrogens with zero attached hydrogens (tertiary/aromatic N) is 1. The number of aliphatic carboxylic acids is 1. The summed E-state index contributed by atoms with van der Waals surface area (Å²) in [7, 11) is 1.26. The van der Waals surface area contributed by atoms with Crippen molar-refractivity contribution in [3.05, 3.63) is 7.43 Å². The number of rotatable bonds is 39. The Balaban J connectivity index is -0.0000157. The number of quaternary nitrogens is 1. The van der Waals surface area contributed by atoms with Gasteiger partial charge in [0, 0.05) is 71.5 Å². The maximum atomic E-state index is 12.5. The van der Waals surface area contributed by atoms with Gasteiger partial charge in [0.1, 0.15) is 19.3 Å². The molecule has 1 radical (unpaired) electrons. The van der Waals surface area contributed by atoms with Crippen LogP contribution in [0.25, 0.3) is 0 Å². The van der Waals surface area contributed by atoms with Crippen LogP contribution >= 0.6 is 7.82 Å². The van der Waals surface area contributed by atoms with E-state index in [-0.39, 0.29) is 91.7 Å². The maximum absolute atomic E-state index is 12.5. The molecule has 0 aromatic rings. The van der Waals surface area contributed by atoms with E-state index in [9.17, 15) is 33.7 Å². The Labute approximate surface area is 383 Å². The van der Waals surface area contributed by atoms with Gasteiger partial charge in [0.15, 0.2) is 6.10 Å². The van der Waals surface area contributed by atoms with Gasteiger partial charge in [-0.15, -0.1) is 0 Å². The Morgan fingerprint density at radius 2 is 1.20 bits per heavy atom. The second-order valence-electron chi connectivity index (χ2n) is 16.7. The summed E-state index contributed by atoms with van der Waals surface area (Å²) in [6.07, 6.45) is 19.9. The first-order valence-electron chi connectivity index (χ1n) is 21.7. The predicted molar refractivity (Wildman–Crippen MR) is 224 cm³/mol. The standard InChI is InChI=1S/C42H80NO13P.CH3.Y/c1-8-9-10-11-12-13-14-15-16-17-18-19-20-21-22-23-24-26-41(47)56-39(33-52-37(4)44)34-55-57(49,50)54-28-25-27-51-42(48)36(3)29-35(2)32-53-38(30-40(45)46)31-43(5,6)7;;/h35-36,38-39H,8-34H2,1-7H3,(H-,45,46,49,50);1H3;/q;-1;/t35?,36?,38?,39-;;/m1../s1. The van der Waals surface area contributed by atoms with Crippen LogP contribution in [0.3, 0.4) is 0 Å². The van der Waals surface area contributed by atoms with E-state index >= 15 is 0 Å². The summed E-state index contributed by atoms with van der Waals surface area (Å²) >= 11 is 0. The predicted octanol–water partition coefficient (Wildman–Crippen LogP) is 7.91. The van der Waals surface area contributed by atoms with Crippen LogP contribution in [0.5, 0.6) is 0 Å². The Morgan fingerprint density at radius 1 is 0.695 bits per heavy atom. The molecule has 0 amide bonds. The van der Waals surface area contributed by atoms with E-state index in [0.717, 1.165) is 19.3 Å². The summed E-state index contributed by atoms with van der Waals surface area (Å²) in [5.74, 6) is -3.24. The van der Waals surface area contributed by atoms with Crippen molar-refractivity contribution in [3.8, 4) is 0 Å². The minimum Gasteiger partial charge on any atom is -0.550 e. The van der Waals surface area contributed by atoms with E-state index in [1.165, 1.54) is 90.4 Å². The molecule has 0 saturated carbocycles. The molecule has 4 unspecified atom stereocenters. The molecule has 5 atom stereocenters. The van der Waals surface area contributed by atoms with Crippen molar-refractivity contribution in [3.63, 3.8) is 0 Å². The van der Waals surface area contributed by atoms with Gasteiger partial charge in [-0.25, -0.2) is 4.57 Å². The summed E-state index contributed by atoms with van der Waals surface area (Å²) in [5.41, 5.74) is 0. The molecule has 0 aromatic carbocycles. The van der Waals surface area contributed by atoms with Gasteiger partial charge in [-0.2, -0.15) is 0 Å². The van der Waals surface area contributed by atoms with Gasteiger partial charge >= 0.3 is 25.7 Å². The molecule has 14 nitrogen and oxygen atoms in total. The van der Waals surface area contributed by atoms with Crippen LogP contribution in [-0.2, 0) is 84.4 Å². The quantitative estimate of drug-likeness (QED) is 0.0157. The molecule has 0 spiro atoms. The normalized spacial score (nSPS) is 14.4. The minimum absolute atomic E-state index is 0. The first-order chi connectivity index (χ1) is 26.9. The average Bonchev–Trinajstić information content (AvgIpc) is 3.11. The molecule has 0 aliphatic rings. The van der Waals surface area contributed by atoms with Gasteiger partial charge in [0.05, 0.1) is 46.9 Å². The summed E-state index contributed by atoms with van der Waals surface area (Å²) in [4.78, 5) is 57.6. The van der Waals surface area contributed by atoms with E-state index in [1.807, 2.05) is 28.1 Å². The van der Waals surface area contributed by atoms with Crippen LogP contribution in [0.2, 0.25) is 0 Å². The number of ether oxygens (including phenoxy) is 4. The molecular formula is C43H83NO13PY-. The van der Waals surface area contributed by atoms with Crippen molar-refractivity contribution >= 4 is 31.7 Å². The fourth-order valence-corrected chi connectivity index (χ4v) is 7.16. The van der Waals surface area contributed by atoms with Gasteiger partial charge in [0.25, 0.3) is 0 Å². The monoisotopic (exact) mass is 941 g/mol. The number of phosphoric ester groups is 1. The van der Waals surface area contributed by atoms with Gasteiger partial charge in [-0.3, -0.25) is 23.4 Å². The van der Waals surface area contributed by atoms with Crippen molar-refractivity contribution in [1.29, 1.82) is 0 Å². The van der Waals surface area contributed by atoms with Crippen LogP contribution < -0.4 is 5.11 Å². The van der Waals surface area contributed by atoms with Crippen molar-refractivity contribution in [1.82, 2.24) is 0 Å². The molecule has 347 valence electrons. The second kappa shape index (κ2) is 38.7. The zero-order chi connectivity index (χ0) is 43.0. The third-order valence-electron chi connectivity index (χ3n) is 9.39. The molecule has 0 rings (SSSR count). The molecule has 0 bridgehead atoms. The minimum atomic E-state index is -4.56. The van der Waals surface area contributed by atoms with E-state index in [4.69, 9.17) is 28.0 Å². The average molecular weight is 942 g/mol. The number of hydrogen-bond acceptors (Lipinski definition) is 12. The summed E-state index contributed by atoms with van der Waals surface area (Å²) < 4.78 is 44.5. The number of phosphoric acid groups is 1.